The van der Waals surface area contributed by atoms with E-state index in [0.717, 1.165) is 11.1 Å². The molecule has 1 N–H and O–H groups in total. The number of rotatable bonds is 3. The van der Waals surface area contributed by atoms with Crippen molar-refractivity contribution in [3.05, 3.63) is 58.1 Å². The first-order chi connectivity index (χ1) is 9.63. The summed E-state index contributed by atoms with van der Waals surface area (Å²) in [6.07, 6.45) is -0.0827. The Kier molecular flexibility index (Phi) is 3.55. The van der Waals surface area contributed by atoms with Gasteiger partial charge in [-0.25, -0.2) is 0 Å². The van der Waals surface area contributed by atoms with E-state index in [1.54, 1.807) is 12.1 Å². The standard InChI is InChI=1S/C16H15ClO3/c1-10-2-4-11(5-3-10)6-14(18)12-7-13(17)16-15(8-12)19-9-20-16/h2-5,7-8,14,18H,6,9H2,1H3. The lowest BCUT2D eigenvalue weighted by molar-refractivity contribution is 0.171. The maximum atomic E-state index is 10.3. The minimum atomic E-state index is -0.621. The Bertz CT molecular complexity index is 622. The largest absolute Gasteiger partial charge is 0.454 e. The maximum absolute atomic E-state index is 10.3. The van der Waals surface area contributed by atoms with Crippen molar-refractivity contribution < 1.29 is 14.6 Å². The quantitative estimate of drug-likeness (QED) is 0.938. The summed E-state index contributed by atoms with van der Waals surface area (Å²) in [5.41, 5.74) is 3.02. The van der Waals surface area contributed by atoms with Crippen molar-refractivity contribution >= 4 is 11.6 Å². The second-order valence-electron chi connectivity index (χ2n) is 4.94. The van der Waals surface area contributed by atoms with Gasteiger partial charge in [-0.05, 0) is 30.2 Å². The number of aliphatic hydroxyl groups excluding tert-OH is 1. The highest BCUT2D eigenvalue weighted by atomic mass is 35.5. The fourth-order valence-electron chi connectivity index (χ4n) is 2.24. The predicted molar refractivity (Wildman–Crippen MR) is 77.4 cm³/mol. The summed E-state index contributed by atoms with van der Waals surface area (Å²) in [5, 5.41) is 10.8. The third kappa shape index (κ3) is 2.60. The molecule has 0 bridgehead atoms. The van der Waals surface area contributed by atoms with Gasteiger partial charge in [0.1, 0.15) is 0 Å². The highest BCUT2D eigenvalue weighted by molar-refractivity contribution is 6.32. The summed E-state index contributed by atoms with van der Waals surface area (Å²) < 4.78 is 10.6. The van der Waals surface area contributed by atoms with Crippen molar-refractivity contribution in [3.8, 4) is 11.5 Å². The molecule has 4 heteroatoms. The summed E-state index contributed by atoms with van der Waals surface area (Å²) in [4.78, 5) is 0. The fraction of sp³-hybridized carbons (Fsp3) is 0.250. The molecule has 0 spiro atoms. The van der Waals surface area contributed by atoms with Gasteiger partial charge < -0.3 is 14.6 Å². The normalized spacial score (nSPS) is 14.3. The Morgan fingerprint density at radius 1 is 1.20 bits per heavy atom. The van der Waals surface area contributed by atoms with Crippen LogP contribution in [0.3, 0.4) is 0 Å². The van der Waals surface area contributed by atoms with E-state index in [4.69, 9.17) is 21.1 Å². The van der Waals surface area contributed by atoms with Crippen LogP contribution in [0.15, 0.2) is 36.4 Å². The number of hydrogen-bond acceptors (Lipinski definition) is 3. The van der Waals surface area contributed by atoms with Crippen molar-refractivity contribution in [1.82, 2.24) is 0 Å². The second kappa shape index (κ2) is 5.35. The van der Waals surface area contributed by atoms with Gasteiger partial charge in [0.05, 0.1) is 11.1 Å². The third-order valence-electron chi connectivity index (χ3n) is 3.38. The van der Waals surface area contributed by atoms with Crippen LogP contribution in [0.2, 0.25) is 5.02 Å². The average molecular weight is 291 g/mol. The molecule has 0 radical (unpaired) electrons. The molecule has 1 aliphatic heterocycles. The van der Waals surface area contributed by atoms with Crippen LogP contribution in [-0.2, 0) is 6.42 Å². The Labute approximate surface area is 122 Å². The predicted octanol–water partition coefficient (Wildman–Crippen LogP) is 3.65. The van der Waals surface area contributed by atoms with Gasteiger partial charge in [-0.2, -0.15) is 0 Å². The number of fused-ring (bicyclic) bond motifs is 1. The van der Waals surface area contributed by atoms with Gasteiger partial charge in [0.15, 0.2) is 11.5 Å². The van der Waals surface area contributed by atoms with Gasteiger partial charge in [-0.15, -0.1) is 0 Å². The third-order valence-corrected chi connectivity index (χ3v) is 3.66. The van der Waals surface area contributed by atoms with Crippen LogP contribution < -0.4 is 9.47 Å². The van der Waals surface area contributed by atoms with Crippen LogP contribution in [-0.4, -0.2) is 11.9 Å². The van der Waals surface area contributed by atoms with Gasteiger partial charge in [-0.1, -0.05) is 41.4 Å². The first-order valence-corrected chi connectivity index (χ1v) is 6.84. The number of hydrogen-bond donors (Lipinski definition) is 1. The van der Waals surface area contributed by atoms with Gasteiger partial charge in [0, 0.05) is 6.42 Å². The van der Waals surface area contributed by atoms with Crippen molar-refractivity contribution in [2.24, 2.45) is 0 Å². The number of benzene rings is 2. The summed E-state index contributed by atoms with van der Waals surface area (Å²) in [6, 6.07) is 11.6. The van der Waals surface area contributed by atoms with Crippen molar-refractivity contribution in [2.75, 3.05) is 6.79 Å². The molecule has 0 amide bonds. The zero-order valence-electron chi connectivity index (χ0n) is 11.1. The van der Waals surface area contributed by atoms with E-state index in [0.29, 0.717) is 22.9 Å². The fourth-order valence-corrected chi connectivity index (χ4v) is 2.52. The summed E-state index contributed by atoms with van der Waals surface area (Å²) in [6.45, 7) is 2.21. The van der Waals surface area contributed by atoms with Crippen LogP contribution in [0, 0.1) is 6.92 Å². The Morgan fingerprint density at radius 3 is 2.70 bits per heavy atom. The molecule has 1 heterocycles. The van der Waals surface area contributed by atoms with E-state index in [-0.39, 0.29) is 6.79 Å². The van der Waals surface area contributed by atoms with Gasteiger partial charge in [-0.3, -0.25) is 0 Å². The summed E-state index contributed by atoms with van der Waals surface area (Å²) in [5.74, 6) is 1.15. The Balaban J connectivity index is 1.82. The molecule has 1 atom stereocenters. The Morgan fingerprint density at radius 2 is 1.95 bits per heavy atom. The monoisotopic (exact) mass is 290 g/mol. The average Bonchev–Trinajstić information content (AvgIpc) is 2.90. The van der Waals surface area contributed by atoms with Crippen molar-refractivity contribution in [1.29, 1.82) is 0 Å². The highest BCUT2D eigenvalue weighted by Gasteiger charge is 2.20. The number of aliphatic hydroxyl groups is 1. The second-order valence-corrected chi connectivity index (χ2v) is 5.35. The number of ether oxygens (including phenoxy) is 2. The van der Waals surface area contributed by atoms with E-state index in [2.05, 4.69) is 0 Å². The molecule has 0 saturated carbocycles. The van der Waals surface area contributed by atoms with Gasteiger partial charge in [0.2, 0.25) is 6.79 Å². The topological polar surface area (TPSA) is 38.7 Å². The van der Waals surface area contributed by atoms with Crippen LogP contribution in [0.4, 0.5) is 0 Å². The van der Waals surface area contributed by atoms with E-state index >= 15 is 0 Å². The summed E-state index contributed by atoms with van der Waals surface area (Å²) >= 11 is 6.13. The number of halogens is 1. The van der Waals surface area contributed by atoms with Crippen LogP contribution in [0.5, 0.6) is 11.5 Å². The molecule has 3 nitrogen and oxygen atoms in total. The van der Waals surface area contributed by atoms with E-state index < -0.39 is 6.10 Å². The molecule has 0 aromatic heterocycles. The minimum Gasteiger partial charge on any atom is -0.454 e. The lowest BCUT2D eigenvalue weighted by atomic mass is 10.0. The summed E-state index contributed by atoms with van der Waals surface area (Å²) in [7, 11) is 0. The molecule has 1 aliphatic rings. The smallest absolute Gasteiger partial charge is 0.231 e. The SMILES string of the molecule is Cc1ccc(CC(O)c2cc(Cl)c3c(c2)OCO3)cc1. The molecule has 1 unspecified atom stereocenters. The first kappa shape index (κ1) is 13.3. The first-order valence-electron chi connectivity index (χ1n) is 6.46. The lowest BCUT2D eigenvalue weighted by Crippen LogP contribution is -2.02. The molecular weight excluding hydrogens is 276 g/mol. The maximum Gasteiger partial charge on any atom is 0.231 e. The molecule has 0 fully saturated rings. The molecule has 3 rings (SSSR count). The Hall–Kier alpha value is -1.71. The van der Waals surface area contributed by atoms with Crippen LogP contribution in [0.1, 0.15) is 22.8 Å². The molecule has 2 aromatic carbocycles. The number of aryl methyl sites for hydroxylation is 1. The molecule has 0 aliphatic carbocycles. The molecular formula is C16H15ClO3. The molecule has 104 valence electrons. The van der Waals surface area contributed by atoms with Crippen molar-refractivity contribution in [2.45, 2.75) is 19.4 Å². The molecule has 0 saturated heterocycles. The minimum absolute atomic E-state index is 0.173. The van der Waals surface area contributed by atoms with Gasteiger partial charge in [0.25, 0.3) is 0 Å². The highest BCUT2D eigenvalue weighted by Crippen LogP contribution is 2.41. The molecule has 20 heavy (non-hydrogen) atoms. The molecule has 2 aromatic rings. The van der Waals surface area contributed by atoms with E-state index in [1.807, 2.05) is 31.2 Å². The van der Waals surface area contributed by atoms with E-state index in [1.165, 1.54) is 5.56 Å². The van der Waals surface area contributed by atoms with E-state index in [9.17, 15) is 5.11 Å². The van der Waals surface area contributed by atoms with Crippen LogP contribution >= 0.6 is 11.6 Å². The van der Waals surface area contributed by atoms with Gasteiger partial charge >= 0.3 is 0 Å². The zero-order valence-corrected chi connectivity index (χ0v) is 11.9. The lowest BCUT2D eigenvalue weighted by Gasteiger charge is -2.13. The zero-order chi connectivity index (χ0) is 14.1. The van der Waals surface area contributed by atoms with Crippen LogP contribution in [0.25, 0.3) is 0 Å². The van der Waals surface area contributed by atoms with Crippen molar-refractivity contribution in [3.63, 3.8) is 0 Å².